The molecule has 1 heterocycles. The lowest BCUT2D eigenvalue weighted by Crippen LogP contribution is -1.98. The Hall–Kier alpha value is 0.140. The van der Waals surface area contributed by atoms with Crippen LogP contribution in [-0.4, -0.2) is 6.54 Å². The average Bonchev–Trinajstić information content (AvgIpc) is 2.37. The molecule has 0 unspecified atom stereocenters. The topological polar surface area (TPSA) is 26.0 Å². The molecular weight excluding hydrogens is 222 g/mol. The molecular formula is C8H12BrNS. The third-order valence-corrected chi connectivity index (χ3v) is 3.26. The zero-order chi connectivity index (χ0) is 8.10. The van der Waals surface area contributed by atoms with Gasteiger partial charge in [-0.15, -0.1) is 11.3 Å². The third kappa shape index (κ3) is 3.36. The van der Waals surface area contributed by atoms with Crippen molar-refractivity contribution in [1.29, 1.82) is 0 Å². The Labute approximate surface area is 79.7 Å². The zero-order valence-electron chi connectivity index (χ0n) is 6.35. The summed E-state index contributed by atoms with van der Waals surface area (Å²) in [5.41, 5.74) is 5.39. The molecule has 0 atom stereocenters. The van der Waals surface area contributed by atoms with Gasteiger partial charge in [-0.25, -0.2) is 0 Å². The lowest BCUT2D eigenvalue weighted by atomic mass is 10.2. The second kappa shape index (κ2) is 4.91. The lowest BCUT2D eigenvalue weighted by Gasteiger charge is -1.93. The highest BCUT2D eigenvalue weighted by Gasteiger charge is 1.95. The summed E-state index contributed by atoms with van der Waals surface area (Å²) >= 11 is 5.24. The largest absolute Gasteiger partial charge is 0.330 e. The molecule has 1 nitrogen and oxygen atoms in total. The van der Waals surface area contributed by atoms with Gasteiger partial charge >= 0.3 is 0 Å². The second-order valence-corrected chi connectivity index (χ2v) is 4.39. The molecule has 1 aromatic heterocycles. The first kappa shape index (κ1) is 9.23. The molecule has 1 aromatic rings. The molecule has 0 aliphatic heterocycles. The van der Waals surface area contributed by atoms with E-state index in [1.165, 1.54) is 22.2 Å². The fourth-order valence-electron chi connectivity index (χ4n) is 0.928. The van der Waals surface area contributed by atoms with Gasteiger partial charge in [0.25, 0.3) is 0 Å². The van der Waals surface area contributed by atoms with Gasteiger partial charge in [0.05, 0.1) is 0 Å². The first-order valence-electron chi connectivity index (χ1n) is 3.76. The second-order valence-electron chi connectivity index (χ2n) is 2.48. The summed E-state index contributed by atoms with van der Waals surface area (Å²) in [4.78, 5) is 1.45. The van der Waals surface area contributed by atoms with Crippen molar-refractivity contribution in [3.05, 3.63) is 20.8 Å². The molecule has 0 amide bonds. The molecule has 0 saturated heterocycles. The summed E-state index contributed by atoms with van der Waals surface area (Å²) in [5.74, 6) is 0. The van der Waals surface area contributed by atoms with Crippen LogP contribution < -0.4 is 5.73 Å². The SMILES string of the molecule is NCCCCc1cc(Br)cs1. The summed E-state index contributed by atoms with van der Waals surface area (Å²) < 4.78 is 1.20. The maximum absolute atomic E-state index is 5.39. The Morgan fingerprint density at radius 3 is 2.82 bits per heavy atom. The first-order chi connectivity index (χ1) is 5.33. The van der Waals surface area contributed by atoms with Crippen molar-refractivity contribution >= 4 is 27.3 Å². The minimum atomic E-state index is 0.812. The van der Waals surface area contributed by atoms with Gasteiger partial charge in [-0.1, -0.05) is 0 Å². The van der Waals surface area contributed by atoms with Crippen molar-refractivity contribution < 1.29 is 0 Å². The fourth-order valence-corrected chi connectivity index (χ4v) is 2.43. The fraction of sp³-hybridized carbons (Fsp3) is 0.500. The zero-order valence-corrected chi connectivity index (χ0v) is 8.75. The lowest BCUT2D eigenvalue weighted by molar-refractivity contribution is 0.751. The van der Waals surface area contributed by atoms with Crippen molar-refractivity contribution in [1.82, 2.24) is 0 Å². The Morgan fingerprint density at radius 2 is 2.27 bits per heavy atom. The van der Waals surface area contributed by atoms with Crippen LogP contribution in [0.4, 0.5) is 0 Å². The van der Waals surface area contributed by atoms with Crippen LogP contribution in [0.2, 0.25) is 0 Å². The number of thiophene rings is 1. The van der Waals surface area contributed by atoms with E-state index in [4.69, 9.17) is 5.73 Å². The Balaban J connectivity index is 2.27. The quantitative estimate of drug-likeness (QED) is 0.796. The van der Waals surface area contributed by atoms with E-state index in [-0.39, 0.29) is 0 Å². The summed E-state index contributed by atoms with van der Waals surface area (Å²) in [6, 6.07) is 2.18. The van der Waals surface area contributed by atoms with Crippen LogP contribution in [0.5, 0.6) is 0 Å². The highest BCUT2D eigenvalue weighted by molar-refractivity contribution is 9.10. The van der Waals surface area contributed by atoms with Crippen molar-refractivity contribution in [3.8, 4) is 0 Å². The molecule has 1 rings (SSSR count). The standard InChI is InChI=1S/C8H12BrNS/c9-7-5-8(11-6-7)3-1-2-4-10/h5-6H,1-4,10H2. The minimum Gasteiger partial charge on any atom is -0.330 e. The Kier molecular flexibility index (Phi) is 4.12. The molecule has 3 heteroatoms. The van der Waals surface area contributed by atoms with Gasteiger partial charge in [-0.05, 0) is 47.8 Å². The van der Waals surface area contributed by atoms with Gasteiger partial charge in [0, 0.05) is 14.7 Å². The van der Waals surface area contributed by atoms with E-state index in [9.17, 15) is 0 Å². The summed E-state index contributed by atoms with van der Waals surface area (Å²) in [6.45, 7) is 0.812. The van der Waals surface area contributed by atoms with E-state index >= 15 is 0 Å². The predicted molar refractivity (Wildman–Crippen MR) is 54.0 cm³/mol. The molecule has 0 spiro atoms. The van der Waals surface area contributed by atoms with Crippen molar-refractivity contribution in [2.45, 2.75) is 19.3 Å². The number of aryl methyl sites for hydroxylation is 1. The summed E-state index contributed by atoms with van der Waals surface area (Å²) in [5, 5.41) is 2.12. The molecule has 0 fully saturated rings. The van der Waals surface area contributed by atoms with Crippen molar-refractivity contribution in [2.75, 3.05) is 6.54 Å². The summed E-state index contributed by atoms with van der Waals surface area (Å²) in [7, 11) is 0. The van der Waals surface area contributed by atoms with Crippen LogP contribution in [0.15, 0.2) is 15.9 Å². The molecule has 2 N–H and O–H groups in total. The van der Waals surface area contributed by atoms with Crippen LogP contribution in [0.3, 0.4) is 0 Å². The number of hydrogen-bond acceptors (Lipinski definition) is 2. The van der Waals surface area contributed by atoms with Gasteiger partial charge in [0.1, 0.15) is 0 Å². The van der Waals surface area contributed by atoms with E-state index in [1.54, 1.807) is 0 Å². The third-order valence-electron chi connectivity index (χ3n) is 1.50. The van der Waals surface area contributed by atoms with Crippen LogP contribution >= 0.6 is 27.3 Å². The Bertz CT molecular complexity index is 210. The predicted octanol–water partition coefficient (Wildman–Crippen LogP) is 2.79. The van der Waals surface area contributed by atoms with Crippen LogP contribution in [0, 0.1) is 0 Å². The highest BCUT2D eigenvalue weighted by Crippen LogP contribution is 2.20. The van der Waals surface area contributed by atoms with E-state index in [1.807, 2.05) is 11.3 Å². The van der Waals surface area contributed by atoms with Crippen molar-refractivity contribution in [3.63, 3.8) is 0 Å². The van der Waals surface area contributed by atoms with Crippen LogP contribution in [-0.2, 0) is 6.42 Å². The number of nitrogens with two attached hydrogens (primary N) is 1. The minimum absolute atomic E-state index is 0.812. The van der Waals surface area contributed by atoms with Gasteiger partial charge < -0.3 is 5.73 Å². The number of unbranched alkanes of at least 4 members (excludes halogenated alkanes) is 1. The molecule has 0 aliphatic carbocycles. The molecule has 62 valence electrons. The van der Waals surface area contributed by atoms with Gasteiger partial charge in [0.15, 0.2) is 0 Å². The summed E-state index contributed by atoms with van der Waals surface area (Å²) in [6.07, 6.45) is 3.52. The van der Waals surface area contributed by atoms with Gasteiger partial charge in [-0.3, -0.25) is 0 Å². The Morgan fingerprint density at radius 1 is 1.45 bits per heavy atom. The van der Waals surface area contributed by atoms with Gasteiger partial charge in [0.2, 0.25) is 0 Å². The van der Waals surface area contributed by atoms with Gasteiger partial charge in [-0.2, -0.15) is 0 Å². The van der Waals surface area contributed by atoms with Crippen LogP contribution in [0.25, 0.3) is 0 Å². The smallest absolute Gasteiger partial charge is 0.0285 e. The van der Waals surface area contributed by atoms with E-state index in [2.05, 4.69) is 27.4 Å². The van der Waals surface area contributed by atoms with Crippen molar-refractivity contribution in [2.24, 2.45) is 5.73 Å². The maximum atomic E-state index is 5.39. The highest BCUT2D eigenvalue weighted by atomic mass is 79.9. The maximum Gasteiger partial charge on any atom is 0.0285 e. The molecule has 11 heavy (non-hydrogen) atoms. The van der Waals surface area contributed by atoms with Crippen LogP contribution in [0.1, 0.15) is 17.7 Å². The molecule has 0 bridgehead atoms. The van der Waals surface area contributed by atoms with E-state index in [0.29, 0.717) is 0 Å². The normalized spacial score (nSPS) is 10.4. The number of halogens is 1. The molecule has 0 aromatic carbocycles. The van der Waals surface area contributed by atoms with E-state index in [0.717, 1.165) is 13.0 Å². The average molecular weight is 234 g/mol. The monoisotopic (exact) mass is 233 g/mol. The number of rotatable bonds is 4. The molecule has 0 aliphatic rings. The molecule has 0 radical (unpaired) electrons. The first-order valence-corrected chi connectivity index (χ1v) is 5.43. The molecule has 0 saturated carbocycles. The van der Waals surface area contributed by atoms with E-state index < -0.39 is 0 Å². The number of hydrogen-bond donors (Lipinski definition) is 1.